The van der Waals surface area contributed by atoms with Gasteiger partial charge in [0.05, 0.1) is 6.33 Å². The number of aromatic nitrogens is 4. The average Bonchev–Trinajstić information content (AvgIpc) is 2.99. The molecule has 0 amide bonds. The highest BCUT2D eigenvalue weighted by Crippen LogP contribution is 2.51. The van der Waals surface area contributed by atoms with E-state index in [2.05, 4.69) is 37.0 Å². The zero-order chi connectivity index (χ0) is 14.7. The lowest BCUT2D eigenvalue weighted by molar-refractivity contribution is 0.168. The second kappa shape index (κ2) is 4.52. The summed E-state index contributed by atoms with van der Waals surface area (Å²) in [6.07, 6.45) is 11.6. The Hall–Kier alpha value is -1.95. The largest absolute Gasteiger partial charge is 0.396 e. The van der Waals surface area contributed by atoms with E-state index in [-0.39, 0.29) is 18.6 Å². The van der Waals surface area contributed by atoms with Crippen LogP contribution < -0.4 is 5.32 Å². The van der Waals surface area contributed by atoms with Gasteiger partial charge in [-0.15, -0.1) is 0 Å². The number of nitrogens with one attached hydrogen (secondary N) is 1. The van der Waals surface area contributed by atoms with Crippen molar-refractivity contribution in [1.82, 2.24) is 19.5 Å². The average molecular weight is 297 g/mol. The molecule has 2 aromatic rings. The summed E-state index contributed by atoms with van der Waals surface area (Å²) >= 11 is 0. The summed E-state index contributed by atoms with van der Waals surface area (Å²) in [7, 11) is 0. The van der Waals surface area contributed by atoms with E-state index in [1.54, 1.807) is 6.33 Å². The number of allylic oxidation sites excluding steroid dienone is 2. The number of nitrogens with zero attached hydrogens (tertiary/aromatic N) is 4. The molecule has 3 aliphatic carbocycles. The van der Waals surface area contributed by atoms with Gasteiger partial charge in [-0.1, -0.05) is 12.2 Å². The topological polar surface area (TPSA) is 75.9 Å². The Kier molecular flexibility index (Phi) is 2.59. The van der Waals surface area contributed by atoms with Crippen LogP contribution in [0.25, 0.3) is 11.2 Å². The number of hydrogen-bond donors (Lipinski definition) is 2. The van der Waals surface area contributed by atoms with Crippen LogP contribution in [0.3, 0.4) is 0 Å². The summed E-state index contributed by atoms with van der Waals surface area (Å²) in [5.41, 5.74) is 1.72. The van der Waals surface area contributed by atoms with E-state index in [4.69, 9.17) is 0 Å². The van der Waals surface area contributed by atoms with Crippen LogP contribution in [0.1, 0.15) is 25.3 Å². The first kappa shape index (κ1) is 12.6. The molecule has 0 spiro atoms. The normalized spacial score (nSPS) is 33.0. The molecule has 114 valence electrons. The SMILES string of the molecule is OC[C@@H]1[C@@H](n2cnc3c(NC4CC4)ncnc32)[C@H]2C=C[C@@H]1C2. The van der Waals surface area contributed by atoms with Crippen molar-refractivity contribution in [2.24, 2.45) is 17.8 Å². The molecule has 2 N–H and O–H groups in total. The van der Waals surface area contributed by atoms with E-state index >= 15 is 0 Å². The fourth-order valence-corrected chi connectivity index (χ4v) is 4.15. The molecule has 0 saturated heterocycles. The highest BCUT2D eigenvalue weighted by atomic mass is 16.3. The van der Waals surface area contributed by atoms with Crippen LogP contribution in [0.5, 0.6) is 0 Å². The Morgan fingerprint density at radius 1 is 1.18 bits per heavy atom. The number of rotatable bonds is 4. The van der Waals surface area contributed by atoms with Gasteiger partial charge in [-0.3, -0.25) is 0 Å². The summed E-state index contributed by atoms with van der Waals surface area (Å²) in [5, 5.41) is 13.2. The Morgan fingerprint density at radius 2 is 2.05 bits per heavy atom. The van der Waals surface area contributed by atoms with Gasteiger partial charge in [0.2, 0.25) is 0 Å². The van der Waals surface area contributed by atoms with Gasteiger partial charge in [0.25, 0.3) is 0 Å². The monoisotopic (exact) mass is 297 g/mol. The van der Waals surface area contributed by atoms with Gasteiger partial charge >= 0.3 is 0 Å². The number of fused-ring (bicyclic) bond motifs is 3. The van der Waals surface area contributed by atoms with Crippen molar-refractivity contribution in [1.29, 1.82) is 0 Å². The first-order valence-corrected chi connectivity index (χ1v) is 8.08. The summed E-state index contributed by atoms with van der Waals surface area (Å²) in [5.74, 6) is 2.07. The van der Waals surface area contributed by atoms with Gasteiger partial charge < -0.3 is 15.0 Å². The summed E-state index contributed by atoms with van der Waals surface area (Å²) < 4.78 is 2.16. The molecule has 2 aromatic heterocycles. The van der Waals surface area contributed by atoms with E-state index in [0.29, 0.717) is 17.9 Å². The third kappa shape index (κ3) is 1.73. The summed E-state index contributed by atoms with van der Waals surface area (Å²) in [4.78, 5) is 13.4. The minimum absolute atomic E-state index is 0.216. The number of aliphatic hydroxyl groups excluding tert-OH is 1. The molecule has 0 aromatic carbocycles. The lowest BCUT2D eigenvalue weighted by Crippen LogP contribution is -2.26. The molecule has 0 unspecified atom stereocenters. The lowest BCUT2D eigenvalue weighted by atomic mass is 9.89. The van der Waals surface area contributed by atoms with E-state index < -0.39 is 0 Å². The highest BCUT2D eigenvalue weighted by Gasteiger charge is 2.45. The second-order valence-corrected chi connectivity index (χ2v) is 6.75. The smallest absolute Gasteiger partial charge is 0.165 e. The van der Waals surface area contributed by atoms with Crippen molar-refractivity contribution >= 4 is 17.0 Å². The van der Waals surface area contributed by atoms with Gasteiger partial charge in [0.1, 0.15) is 11.8 Å². The van der Waals surface area contributed by atoms with Crippen molar-refractivity contribution in [3.8, 4) is 0 Å². The maximum absolute atomic E-state index is 9.80. The molecule has 22 heavy (non-hydrogen) atoms. The number of hydrogen-bond acceptors (Lipinski definition) is 5. The molecule has 2 heterocycles. The van der Waals surface area contributed by atoms with Crippen molar-refractivity contribution in [3.63, 3.8) is 0 Å². The standard InChI is InChI=1S/C16H19N5O/c22-6-12-9-1-2-10(5-9)14(12)21-8-19-13-15(20-11-3-4-11)17-7-18-16(13)21/h1-2,7-12,14,22H,3-6H2,(H,17,18,20)/t9-,10+,12+,14+/m1/s1. The van der Waals surface area contributed by atoms with E-state index in [1.165, 1.54) is 12.8 Å². The minimum atomic E-state index is 0.216. The third-order valence-electron chi connectivity index (χ3n) is 5.39. The maximum atomic E-state index is 9.80. The highest BCUT2D eigenvalue weighted by molar-refractivity contribution is 5.83. The van der Waals surface area contributed by atoms with E-state index in [0.717, 1.165) is 23.4 Å². The molecule has 3 aliphatic rings. The minimum Gasteiger partial charge on any atom is -0.396 e. The van der Waals surface area contributed by atoms with Crippen LogP contribution in [0.4, 0.5) is 5.82 Å². The molecule has 2 fully saturated rings. The molecule has 0 radical (unpaired) electrons. The fraction of sp³-hybridized carbons (Fsp3) is 0.562. The Bertz CT molecular complexity index is 750. The number of anilines is 1. The van der Waals surface area contributed by atoms with Crippen LogP contribution >= 0.6 is 0 Å². The zero-order valence-corrected chi connectivity index (χ0v) is 12.3. The molecule has 4 atom stereocenters. The van der Waals surface area contributed by atoms with Crippen LogP contribution in [0.2, 0.25) is 0 Å². The quantitative estimate of drug-likeness (QED) is 0.841. The molecule has 6 nitrogen and oxygen atoms in total. The Balaban J connectivity index is 1.59. The van der Waals surface area contributed by atoms with Crippen LogP contribution in [-0.4, -0.2) is 37.3 Å². The predicted octanol–water partition coefficient (Wildman–Crippen LogP) is 1.76. The Labute approximate surface area is 128 Å². The van der Waals surface area contributed by atoms with Crippen molar-refractivity contribution < 1.29 is 5.11 Å². The molecule has 5 rings (SSSR count). The van der Waals surface area contributed by atoms with E-state index in [9.17, 15) is 5.11 Å². The molecule has 6 heteroatoms. The van der Waals surface area contributed by atoms with Gasteiger partial charge in [-0.05, 0) is 31.1 Å². The van der Waals surface area contributed by atoms with E-state index in [1.807, 2.05) is 6.33 Å². The van der Waals surface area contributed by atoms with Gasteiger partial charge in [0, 0.05) is 24.6 Å². The number of imidazole rings is 1. The molecule has 2 saturated carbocycles. The van der Waals surface area contributed by atoms with Crippen molar-refractivity contribution in [3.05, 3.63) is 24.8 Å². The number of aliphatic hydroxyl groups is 1. The summed E-state index contributed by atoms with van der Waals surface area (Å²) in [6, 6.07) is 0.799. The second-order valence-electron chi connectivity index (χ2n) is 6.75. The fourth-order valence-electron chi connectivity index (χ4n) is 4.15. The first-order valence-electron chi connectivity index (χ1n) is 8.08. The molecule has 2 bridgehead atoms. The first-order chi connectivity index (χ1) is 10.8. The van der Waals surface area contributed by atoms with Crippen LogP contribution in [0, 0.1) is 17.8 Å². The van der Waals surface area contributed by atoms with Crippen molar-refractivity contribution in [2.45, 2.75) is 31.3 Å². The lowest BCUT2D eigenvalue weighted by Gasteiger charge is -2.27. The van der Waals surface area contributed by atoms with Gasteiger partial charge in [0.15, 0.2) is 11.5 Å². The Morgan fingerprint density at radius 3 is 2.86 bits per heavy atom. The molecule has 0 aliphatic heterocycles. The molecular formula is C16H19N5O. The zero-order valence-electron chi connectivity index (χ0n) is 12.3. The van der Waals surface area contributed by atoms with Crippen LogP contribution in [-0.2, 0) is 0 Å². The predicted molar refractivity (Wildman–Crippen MR) is 82.3 cm³/mol. The van der Waals surface area contributed by atoms with Crippen molar-refractivity contribution in [2.75, 3.05) is 11.9 Å². The third-order valence-corrected chi connectivity index (χ3v) is 5.39. The maximum Gasteiger partial charge on any atom is 0.165 e. The van der Waals surface area contributed by atoms with Gasteiger partial charge in [-0.2, -0.15) is 0 Å². The van der Waals surface area contributed by atoms with Gasteiger partial charge in [-0.25, -0.2) is 15.0 Å². The molecular weight excluding hydrogens is 278 g/mol. The summed E-state index contributed by atoms with van der Waals surface area (Å²) in [6.45, 7) is 0.216. The van der Waals surface area contributed by atoms with Crippen LogP contribution in [0.15, 0.2) is 24.8 Å².